The zero-order chi connectivity index (χ0) is 11.8. The molecule has 0 saturated heterocycles. The van der Waals surface area contributed by atoms with Crippen molar-refractivity contribution in [1.82, 2.24) is 4.98 Å². The van der Waals surface area contributed by atoms with Crippen molar-refractivity contribution in [3.8, 4) is 0 Å². The number of hydrogen-bond acceptors (Lipinski definition) is 3. The van der Waals surface area contributed by atoms with Crippen LogP contribution in [0.15, 0.2) is 6.20 Å². The van der Waals surface area contributed by atoms with E-state index < -0.39 is 6.10 Å². The van der Waals surface area contributed by atoms with E-state index in [2.05, 4.69) is 11.9 Å². The Bertz CT molecular complexity index is 290. The van der Waals surface area contributed by atoms with Gasteiger partial charge < -0.3 is 5.11 Å². The van der Waals surface area contributed by atoms with E-state index in [1.807, 2.05) is 0 Å². The van der Waals surface area contributed by atoms with Gasteiger partial charge in [-0.15, -0.1) is 11.3 Å². The average molecular weight is 262 g/mol. The maximum Gasteiger partial charge on any atom is 0.123 e. The van der Waals surface area contributed by atoms with E-state index in [4.69, 9.17) is 11.6 Å². The molecule has 0 amide bonds. The molecule has 1 rings (SSSR count). The summed E-state index contributed by atoms with van der Waals surface area (Å²) in [5.41, 5.74) is 0. The lowest BCUT2D eigenvalue weighted by Crippen LogP contribution is -1.96. The molecule has 4 heteroatoms. The van der Waals surface area contributed by atoms with Gasteiger partial charge in [-0.1, -0.05) is 57.0 Å². The molecule has 0 radical (unpaired) electrons. The normalized spacial score (nSPS) is 12.9. The van der Waals surface area contributed by atoms with Crippen LogP contribution in [0.4, 0.5) is 0 Å². The minimum absolute atomic E-state index is 0.427. The van der Waals surface area contributed by atoms with Gasteiger partial charge >= 0.3 is 0 Å². The number of hydrogen-bond donors (Lipinski definition) is 1. The molecule has 0 saturated carbocycles. The molecule has 92 valence electrons. The summed E-state index contributed by atoms with van der Waals surface area (Å²) in [6.45, 7) is 2.22. The highest BCUT2D eigenvalue weighted by Gasteiger charge is 2.11. The third kappa shape index (κ3) is 5.28. The maximum atomic E-state index is 9.83. The second kappa shape index (κ2) is 8.04. The van der Waals surface area contributed by atoms with Crippen LogP contribution >= 0.6 is 22.9 Å². The summed E-state index contributed by atoms with van der Waals surface area (Å²) in [4.78, 5) is 4.08. The van der Waals surface area contributed by atoms with Gasteiger partial charge in [-0.05, 0) is 6.42 Å². The number of nitrogens with zero attached hydrogens (tertiary/aromatic N) is 1. The molecule has 1 aromatic rings. The molecule has 0 bridgehead atoms. The molecular formula is C12H20ClNOS. The van der Waals surface area contributed by atoms with Gasteiger partial charge in [-0.2, -0.15) is 0 Å². The molecule has 0 fully saturated rings. The van der Waals surface area contributed by atoms with Crippen molar-refractivity contribution in [3.63, 3.8) is 0 Å². The van der Waals surface area contributed by atoms with E-state index in [1.165, 1.54) is 43.4 Å². The summed E-state index contributed by atoms with van der Waals surface area (Å²) >= 11 is 7.14. The standard InChI is InChI=1S/C12H20ClNOS/c1-2-3-4-5-6-7-8-10(15)12-14-9-11(13)16-12/h9-10,15H,2-8H2,1H3. The minimum atomic E-state index is -0.427. The highest BCUT2D eigenvalue weighted by atomic mass is 35.5. The Hall–Kier alpha value is -0.120. The lowest BCUT2D eigenvalue weighted by Gasteiger charge is -2.06. The van der Waals surface area contributed by atoms with Crippen molar-refractivity contribution >= 4 is 22.9 Å². The second-order valence-electron chi connectivity index (χ2n) is 4.07. The molecule has 1 aromatic heterocycles. The quantitative estimate of drug-likeness (QED) is 0.695. The fourth-order valence-electron chi connectivity index (χ4n) is 1.66. The summed E-state index contributed by atoms with van der Waals surface area (Å²) in [5.74, 6) is 0. The molecule has 16 heavy (non-hydrogen) atoms. The van der Waals surface area contributed by atoms with Crippen molar-refractivity contribution in [1.29, 1.82) is 0 Å². The SMILES string of the molecule is CCCCCCCCC(O)c1ncc(Cl)s1. The Labute approximate surface area is 107 Å². The van der Waals surface area contributed by atoms with Crippen LogP contribution in [0.1, 0.15) is 63.0 Å². The minimum Gasteiger partial charge on any atom is -0.386 e. The van der Waals surface area contributed by atoms with Gasteiger partial charge in [0.2, 0.25) is 0 Å². The van der Waals surface area contributed by atoms with Crippen LogP contribution < -0.4 is 0 Å². The number of unbranched alkanes of at least 4 members (excludes halogenated alkanes) is 5. The molecule has 1 heterocycles. The first-order valence-electron chi connectivity index (χ1n) is 6.03. The van der Waals surface area contributed by atoms with Gasteiger partial charge in [0.1, 0.15) is 15.4 Å². The number of aliphatic hydroxyl groups is 1. The van der Waals surface area contributed by atoms with Gasteiger partial charge in [0.25, 0.3) is 0 Å². The second-order valence-corrected chi connectivity index (χ2v) is 5.77. The third-order valence-electron chi connectivity index (χ3n) is 2.61. The van der Waals surface area contributed by atoms with Gasteiger partial charge in [0.05, 0.1) is 6.20 Å². The Kier molecular flexibility index (Phi) is 7.01. The number of halogens is 1. The molecule has 1 unspecified atom stereocenters. The first-order chi connectivity index (χ1) is 7.74. The fraction of sp³-hybridized carbons (Fsp3) is 0.750. The van der Waals surface area contributed by atoms with Crippen LogP contribution in [0.25, 0.3) is 0 Å². The molecular weight excluding hydrogens is 242 g/mol. The van der Waals surface area contributed by atoms with E-state index in [0.717, 1.165) is 17.8 Å². The number of aliphatic hydroxyl groups excluding tert-OH is 1. The van der Waals surface area contributed by atoms with E-state index in [0.29, 0.717) is 4.34 Å². The lowest BCUT2D eigenvalue weighted by molar-refractivity contribution is 0.163. The van der Waals surface area contributed by atoms with E-state index >= 15 is 0 Å². The molecule has 0 aliphatic rings. The number of aromatic nitrogens is 1. The van der Waals surface area contributed by atoms with Crippen molar-refractivity contribution in [2.45, 2.75) is 58.0 Å². The highest BCUT2D eigenvalue weighted by Crippen LogP contribution is 2.27. The molecule has 1 N–H and O–H groups in total. The average Bonchev–Trinajstić information content (AvgIpc) is 2.70. The van der Waals surface area contributed by atoms with Gasteiger partial charge in [-0.3, -0.25) is 0 Å². The zero-order valence-electron chi connectivity index (χ0n) is 9.79. The van der Waals surface area contributed by atoms with Crippen LogP contribution in [0.2, 0.25) is 4.34 Å². The van der Waals surface area contributed by atoms with Crippen LogP contribution in [0.3, 0.4) is 0 Å². The van der Waals surface area contributed by atoms with Crippen molar-refractivity contribution < 1.29 is 5.11 Å². The predicted octanol–water partition coefficient (Wildman–Crippen LogP) is 4.58. The fourth-order valence-corrected chi connectivity index (χ4v) is 2.61. The van der Waals surface area contributed by atoms with Gasteiger partial charge in [-0.25, -0.2) is 4.98 Å². The molecule has 0 aromatic carbocycles. The number of rotatable bonds is 8. The van der Waals surface area contributed by atoms with Gasteiger partial charge in [0.15, 0.2) is 0 Å². The first-order valence-corrected chi connectivity index (χ1v) is 7.22. The molecule has 0 aliphatic carbocycles. The largest absolute Gasteiger partial charge is 0.386 e. The third-order valence-corrected chi connectivity index (χ3v) is 3.83. The smallest absolute Gasteiger partial charge is 0.123 e. The number of thiazole rings is 1. The van der Waals surface area contributed by atoms with Crippen LogP contribution in [0.5, 0.6) is 0 Å². The molecule has 2 nitrogen and oxygen atoms in total. The van der Waals surface area contributed by atoms with E-state index in [-0.39, 0.29) is 0 Å². The predicted molar refractivity (Wildman–Crippen MR) is 70.1 cm³/mol. The Balaban J connectivity index is 2.09. The monoisotopic (exact) mass is 261 g/mol. The maximum absolute atomic E-state index is 9.83. The summed E-state index contributed by atoms with van der Waals surface area (Å²) < 4.78 is 0.650. The molecule has 1 atom stereocenters. The Morgan fingerprint density at radius 3 is 2.62 bits per heavy atom. The summed E-state index contributed by atoms with van der Waals surface area (Å²) in [6.07, 6.45) is 9.45. The van der Waals surface area contributed by atoms with Gasteiger partial charge in [0, 0.05) is 0 Å². The Morgan fingerprint density at radius 1 is 1.31 bits per heavy atom. The lowest BCUT2D eigenvalue weighted by atomic mass is 10.1. The van der Waals surface area contributed by atoms with Crippen molar-refractivity contribution in [2.24, 2.45) is 0 Å². The molecule has 0 spiro atoms. The van der Waals surface area contributed by atoms with Crippen molar-refractivity contribution in [2.75, 3.05) is 0 Å². The van der Waals surface area contributed by atoms with Crippen LogP contribution in [-0.2, 0) is 0 Å². The summed E-state index contributed by atoms with van der Waals surface area (Å²) in [6, 6.07) is 0. The van der Waals surface area contributed by atoms with E-state index in [9.17, 15) is 5.11 Å². The zero-order valence-corrected chi connectivity index (χ0v) is 11.4. The van der Waals surface area contributed by atoms with Crippen LogP contribution in [-0.4, -0.2) is 10.1 Å². The summed E-state index contributed by atoms with van der Waals surface area (Å²) in [7, 11) is 0. The van der Waals surface area contributed by atoms with Crippen molar-refractivity contribution in [3.05, 3.63) is 15.5 Å². The molecule has 0 aliphatic heterocycles. The summed E-state index contributed by atoms with van der Waals surface area (Å²) in [5, 5.41) is 10.6. The topological polar surface area (TPSA) is 33.1 Å². The van der Waals surface area contributed by atoms with E-state index in [1.54, 1.807) is 6.20 Å². The van der Waals surface area contributed by atoms with Crippen LogP contribution in [0, 0.1) is 0 Å². The Morgan fingerprint density at radius 2 is 2.00 bits per heavy atom. The highest BCUT2D eigenvalue weighted by molar-refractivity contribution is 7.15. The first kappa shape index (κ1) is 13.9.